The normalized spacial score (nSPS) is 10.4. The Bertz CT molecular complexity index is 1090. The van der Waals surface area contributed by atoms with Crippen molar-refractivity contribution >= 4 is 29.5 Å². The molecule has 0 atom stereocenters. The fraction of sp³-hybridized carbons (Fsp3) is 0.0417. The molecule has 3 N–H and O–H groups in total. The Morgan fingerprint density at radius 1 is 0.774 bits per heavy atom. The molecule has 3 aromatic carbocycles. The van der Waals surface area contributed by atoms with Gasteiger partial charge in [-0.3, -0.25) is 25.2 Å². The third kappa shape index (κ3) is 6.04. The highest BCUT2D eigenvalue weighted by Gasteiger charge is 2.14. The number of hydrazine groups is 1. The lowest BCUT2D eigenvalue weighted by Crippen LogP contribution is -2.41. The van der Waals surface area contributed by atoms with E-state index in [4.69, 9.17) is 4.74 Å². The van der Waals surface area contributed by atoms with Gasteiger partial charge in [0.25, 0.3) is 17.7 Å². The zero-order valence-corrected chi connectivity index (χ0v) is 16.8. The molecule has 31 heavy (non-hydrogen) atoms. The highest BCUT2D eigenvalue weighted by Crippen LogP contribution is 2.17. The highest BCUT2D eigenvalue weighted by atomic mass is 16.5. The Labute approximate surface area is 179 Å². The van der Waals surface area contributed by atoms with Gasteiger partial charge in [-0.15, -0.1) is 0 Å². The average Bonchev–Trinajstić information content (AvgIpc) is 2.82. The van der Waals surface area contributed by atoms with Crippen LogP contribution in [-0.2, 0) is 4.79 Å². The van der Waals surface area contributed by atoms with Gasteiger partial charge in [0, 0.05) is 11.6 Å². The standard InChI is InChI=1S/C24H21N3O4/c1-31-19-14-12-18(13-15-19)23(29)25-21-10-6-5-9-20(21)24(30)27-26-22(28)16-11-17-7-3-2-4-8-17/h2-16H,1H3,(H,25,29)(H,26,28)(H,27,30)/b16-11+. The maximum absolute atomic E-state index is 12.5. The van der Waals surface area contributed by atoms with Gasteiger partial charge < -0.3 is 10.1 Å². The number of ether oxygens (including phenoxy) is 1. The van der Waals surface area contributed by atoms with E-state index in [1.807, 2.05) is 30.3 Å². The molecule has 3 rings (SSSR count). The maximum atomic E-state index is 12.5. The molecule has 0 aliphatic heterocycles. The fourth-order valence-electron chi connectivity index (χ4n) is 2.69. The molecule has 3 amide bonds. The number of hydrogen-bond acceptors (Lipinski definition) is 4. The first-order chi connectivity index (χ1) is 15.1. The number of para-hydroxylation sites is 1. The van der Waals surface area contributed by atoms with Crippen LogP contribution in [0.1, 0.15) is 26.3 Å². The van der Waals surface area contributed by atoms with Crippen molar-refractivity contribution in [3.63, 3.8) is 0 Å². The summed E-state index contributed by atoms with van der Waals surface area (Å²) in [6, 6.07) is 22.4. The molecule has 3 aromatic rings. The number of carbonyl (C=O) groups is 3. The molecule has 0 aliphatic rings. The van der Waals surface area contributed by atoms with Crippen LogP contribution in [0.5, 0.6) is 5.75 Å². The summed E-state index contributed by atoms with van der Waals surface area (Å²) in [5, 5.41) is 2.71. The second-order valence-electron chi connectivity index (χ2n) is 6.42. The Morgan fingerprint density at radius 3 is 2.16 bits per heavy atom. The number of anilines is 1. The van der Waals surface area contributed by atoms with E-state index < -0.39 is 11.8 Å². The first kappa shape index (κ1) is 21.3. The number of hydrogen-bond donors (Lipinski definition) is 3. The van der Waals surface area contributed by atoms with Crippen LogP contribution in [0.25, 0.3) is 6.08 Å². The van der Waals surface area contributed by atoms with Gasteiger partial charge in [-0.25, -0.2) is 0 Å². The summed E-state index contributed by atoms with van der Waals surface area (Å²) in [5.74, 6) is -0.796. The van der Waals surface area contributed by atoms with Gasteiger partial charge in [-0.1, -0.05) is 42.5 Å². The van der Waals surface area contributed by atoms with Gasteiger partial charge in [0.15, 0.2) is 0 Å². The number of nitrogens with one attached hydrogen (secondary N) is 3. The molecule has 0 saturated heterocycles. The Hall–Kier alpha value is -4.39. The Balaban J connectivity index is 1.62. The molecule has 0 fully saturated rings. The summed E-state index contributed by atoms with van der Waals surface area (Å²) in [7, 11) is 1.54. The van der Waals surface area contributed by atoms with Crippen molar-refractivity contribution in [1.29, 1.82) is 0 Å². The minimum Gasteiger partial charge on any atom is -0.497 e. The fourth-order valence-corrected chi connectivity index (χ4v) is 2.69. The van der Waals surface area contributed by atoms with Crippen LogP contribution in [-0.4, -0.2) is 24.8 Å². The van der Waals surface area contributed by atoms with Crippen LogP contribution in [0.15, 0.2) is 84.9 Å². The molecule has 0 radical (unpaired) electrons. The molecule has 7 heteroatoms. The van der Waals surface area contributed by atoms with Gasteiger partial charge in [-0.2, -0.15) is 0 Å². The summed E-state index contributed by atoms with van der Waals surface area (Å²) in [6.07, 6.45) is 2.94. The van der Waals surface area contributed by atoms with Crippen molar-refractivity contribution in [2.24, 2.45) is 0 Å². The minimum atomic E-state index is -0.563. The molecule has 0 heterocycles. The molecule has 0 saturated carbocycles. The number of rotatable bonds is 6. The van der Waals surface area contributed by atoms with Crippen molar-refractivity contribution in [3.05, 3.63) is 102 Å². The van der Waals surface area contributed by atoms with Gasteiger partial charge in [0.1, 0.15) is 5.75 Å². The predicted octanol–water partition coefficient (Wildman–Crippen LogP) is 3.42. The molecule has 156 valence electrons. The number of benzene rings is 3. The first-order valence-electron chi connectivity index (χ1n) is 9.44. The Kier molecular flexibility index (Phi) is 7.16. The summed E-state index contributed by atoms with van der Waals surface area (Å²) in [4.78, 5) is 37.0. The first-order valence-corrected chi connectivity index (χ1v) is 9.44. The topological polar surface area (TPSA) is 96.5 Å². The zero-order valence-electron chi connectivity index (χ0n) is 16.8. The number of amides is 3. The lowest BCUT2D eigenvalue weighted by Gasteiger charge is -2.12. The third-order valence-electron chi connectivity index (χ3n) is 4.30. The maximum Gasteiger partial charge on any atom is 0.271 e. The van der Waals surface area contributed by atoms with E-state index in [-0.39, 0.29) is 11.5 Å². The third-order valence-corrected chi connectivity index (χ3v) is 4.30. The summed E-state index contributed by atoms with van der Waals surface area (Å²) >= 11 is 0. The van der Waals surface area contributed by atoms with Crippen LogP contribution < -0.4 is 20.9 Å². The number of carbonyl (C=O) groups excluding carboxylic acids is 3. The molecular formula is C24H21N3O4. The Morgan fingerprint density at radius 2 is 1.45 bits per heavy atom. The molecule has 7 nitrogen and oxygen atoms in total. The number of methoxy groups -OCH3 is 1. The van der Waals surface area contributed by atoms with E-state index in [1.54, 1.807) is 61.7 Å². The highest BCUT2D eigenvalue weighted by molar-refractivity contribution is 6.09. The summed E-state index contributed by atoms with van der Waals surface area (Å²) in [5.41, 5.74) is 6.46. The quantitative estimate of drug-likeness (QED) is 0.425. The largest absolute Gasteiger partial charge is 0.497 e. The van der Waals surface area contributed by atoms with Crippen molar-refractivity contribution in [2.75, 3.05) is 12.4 Å². The second kappa shape index (κ2) is 10.4. The molecule has 0 aromatic heterocycles. The lowest BCUT2D eigenvalue weighted by molar-refractivity contribution is -0.117. The van der Waals surface area contributed by atoms with E-state index >= 15 is 0 Å². The summed E-state index contributed by atoms with van der Waals surface area (Å²) in [6.45, 7) is 0. The van der Waals surface area contributed by atoms with Gasteiger partial charge in [-0.05, 0) is 48.0 Å². The van der Waals surface area contributed by atoms with E-state index in [1.165, 1.54) is 6.08 Å². The molecule has 0 unspecified atom stereocenters. The average molecular weight is 415 g/mol. The van der Waals surface area contributed by atoms with Crippen molar-refractivity contribution in [3.8, 4) is 5.75 Å². The molecule has 0 bridgehead atoms. The molecular weight excluding hydrogens is 394 g/mol. The van der Waals surface area contributed by atoms with Crippen molar-refractivity contribution < 1.29 is 19.1 Å². The van der Waals surface area contributed by atoms with Gasteiger partial charge in [0.2, 0.25) is 0 Å². The molecule has 0 spiro atoms. The van der Waals surface area contributed by atoms with Gasteiger partial charge in [0.05, 0.1) is 18.4 Å². The van der Waals surface area contributed by atoms with Gasteiger partial charge >= 0.3 is 0 Å². The van der Waals surface area contributed by atoms with E-state index in [2.05, 4.69) is 16.2 Å². The molecule has 0 aliphatic carbocycles. The van der Waals surface area contributed by atoms with E-state index in [0.29, 0.717) is 17.0 Å². The van der Waals surface area contributed by atoms with E-state index in [9.17, 15) is 14.4 Å². The zero-order chi connectivity index (χ0) is 22.1. The minimum absolute atomic E-state index is 0.205. The monoisotopic (exact) mass is 415 g/mol. The second-order valence-corrected chi connectivity index (χ2v) is 6.42. The van der Waals surface area contributed by atoms with Crippen molar-refractivity contribution in [2.45, 2.75) is 0 Å². The van der Waals surface area contributed by atoms with Crippen LogP contribution in [0.3, 0.4) is 0 Å². The van der Waals surface area contributed by atoms with Crippen LogP contribution in [0.2, 0.25) is 0 Å². The summed E-state index contributed by atoms with van der Waals surface area (Å²) < 4.78 is 5.08. The lowest BCUT2D eigenvalue weighted by atomic mass is 10.1. The van der Waals surface area contributed by atoms with Crippen LogP contribution >= 0.6 is 0 Å². The van der Waals surface area contributed by atoms with E-state index in [0.717, 1.165) is 5.56 Å². The predicted molar refractivity (Wildman–Crippen MR) is 118 cm³/mol. The SMILES string of the molecule is COc1ccc(C(=O)Nc2ccccc2C(=O)NNC(=O)/C=C/c2ccccc2)cc1. The van der Waals surface area contributed by atoms with Crippen LogP contribution in [0.4, 0.5) is 5.69 Å². The van der Waals surface area contributed by atoms with Crippen molar-refractivity contribution in [1.82, 2.24) is 10.9 Å². The smallest absolute Gasteiger partial charge is 0.271 e. The van der Waals surface area contributed by atoms with Crippen LogP contribution in [0, 0.1) is 0 Å².